The lowest BCUT2D eigenvalue weighted by Crippen LogP contribution is -2.23. The van der Waals surface area contributed by atoms with Crippen molar-refractivity contribution in [2.75, 3.05) is 10.6 Å². The standard InChI is InChI=1S/C38H10N2O2/c1-3-5-7-9-11-13-15-17-19-23-29-39-33-27-28-34(40-30-24-20-18-16-14-12-10-8-6-4-2)36-35(33)37(41)31-25-21-22-26-32(31)38(36)42/h1-2,21-22,25-28,39-40H. The maximum atomic E-state index is 13.4. The number of carbonyl (C=O) groups is 2. The van der Waals surface area contributed by atoms with Gasteiger partial charge in [0.1, 0.15) is 0 Å². The van der Waals surface area contributed by atoms with E-state index in [4.69, 9.17) is 12.8 Å². The molecular weight excluding hydrogens is 516 g/mol. The predicted molar refractivity (Wildman–Crippen MR) is 162 cm³/mol. The van der Waals surface area contributed by atoms with Crippen molar-refractivity contribution in [2.24, 2.45) is 0 Å². The second-order valence-corrected chi connectivity index (χ2v) is 7.15. The third kappa shape index (κ3) is 8.05. The van der Waals surface area contributed by atoms with E-state index in [-0.39, 0.29) is 33.8 Å². The summed E-state index contributed by atoms with van der Waals surface area (Å²) >= 11 is 0. The van der Waals surface area contributed by atoms with Crippen molar-refractivity contribution in [3.63, 3.8) is 0 Å². The van der Waals surface area contributed by atoms with Crippen LogP contribution in [0.1, 0.15) is 31.8 Å². The summed E-state index contributed by atoms with van der Waals surface area (Å²) in [5.41, 5.74) is 1.54. The van der Waals surface area contributed by atoms with Crippen LogP contribution < -0.4 is 10.6 Å². The minimum Gasteiger partial charge on any atom is -0.313 e. The Morgan fingerprint density at radius 3 is 1.07 bits per heavy atom. The van der Waals surface area contributed by atoms with E-state index in [0.29, 0.717) is 11.4 Å². The van der Waals surface area contributed by atoms with Crippen molar-refractivity contribution in [1.29, 1.82) is 0 Å². The summed E-state index contributed by atoms with van der Waals surface area (Å²) in [6, 6.07) is 15.1. The molecule has 0 unspecified atom stereocenters. The van der Waals surface area contributed by atoms with E-state index in [2.05, 4.69) is 141 Å². The van der Waals surface area contributed by atoms with E-state index >= 15 is 0 Å². The summed E-state index contributed by atoms with van der Waals surface area (Å²) in [6.07, 6.45) is 9.96. The molecule has 0 bridgehead atoms. The van der Waals surface area contributed by atoms with Crippen LogP contribution in [-0.4, -0.2) is 11.6 Å². The molecule has 1 aliphatic rings. The fraction of sp³-hybridized carbons (Fsp3) is 0. The SMILES string of the molecule is C#CC#CC#CC#CC#CC#CNc1ccc(NC#CC#CC#CC#CC#CC#C)c2c1C(=O)c1ccccc1C2=O. The maximum absolute atomic E-state index is 13.4. The summed E-state index contributed by atoms with van der Waals surface area (Å²) in [5.74, 6) is 48.2. The molecule has 2 aromatic carbocycles. The van der Waals surface area contributed by atoms with E-state index in [0.717, 1.165) is 0 Å². The third-order valence-electron chi connectivity index (χ3n) is 4.74. The van der Waals surface area contributed by atoms with Crippen LogP contribution in [0.3, 0.4) is 0 Å². The molecule has 42 heavy (non-hydrogen) atoms. The molecule has 1 aliphatic carbocycles. The lowest BCUT2D eigenvalue weighted by molar-refractivity contribution is 0.0980. The zero-order valence-corrected chi connectivity index (χ0v) is 21.4. The van der Waals surface area contributed by atoms with E-state index in [9.17, 15) is 9.59 Å². The molecule has 0 amide bonds. The van der Waals surface area contributed by atoms with Gasteiger partial charge in [0.25, 0.3) is 0 Å². The van der Waals surface area contributed by atoms with Crippen LogP contribution in [0, 0.1) is 143 Å². The van der Waals surface area contributed by atoms with Gasteiger partial charge in [-0.25, -0.2) is 0 Å². The van der Waals surface area contributed by atoms with Gasteiger partial charge in [0.05, 0.1) is 22.5 Å². The molecule has 0 atom stereocenters. The van der Waals surface area contributed by atoms with Crippen LogP contribution in [0.2, 0.25) is 0 Å². The molecule has 4 heteroatoms. The number of ketones is 2. The minimum absolute atomic E-state index is 0.152. The molecular formula is C38H10N2O2. The average Bonchev–Trinajstić information content (AvgIpc) is 3.01. The van der Waals surface area contributed by atoms with E-state index in [1.165, 1.54) is 0 Å². The van der Waals surface area contributed by atoms with Gasteiger partial charge in [0, 0.05) is 82.4 Å². The van der Waals surface area contributed by atoms with Gasteiger partial charge in [-0.15, -0.1) is 12.8 Å². The quantitative estimate of drug-likeness (QED) is 0.398. The third-order valence-corrected chi connectivity index (χ3v) is 4.74. The molecule has 0 saturated heterocycles. The van der Waals surface area contributed by atoms with Crippen molar-refractivity contribution in [2.45, 2.75) is 0 Å². The molecule has 0 saturated carbocycles. The van der Waals surface area contributed by atoms with Gasteiger partial charge in [0.15, 0.2) is 11.6 Å². The summed E-state index contributed by atoms with van der Waals surface area (Å²) in [5, 5.41) is 5.68. The molecule has 2 aromatic rings. The van der Waals surface area contributed by atoms with Gasteiger partial charge in [-0.1, -0.05) is 24.3 Å². The lowest BCUT2D eigenvalue weighted by atomic mass is 9.82. The zero-order valence-electron chi connectivity index (χ0n) is 21.4. The van der Waals surface area contributed by atoms with E-state index in [1.807, 2.05) is 0 Å². The van der Waals surface area contributed by atoms with Gasteiger partial charge in [-0.3, -0.25) is 9.59 Å². The largest absolute Gasteiger partial charge is 0.313 e. The fourth-order valence-corrected chi connectivity index (χ4v) is 3.20. The second kappa shape index (κ2) is 16.0. The first-order valence-corrected chi connectivity index (χ1v) is 11.5. The smallest absolute Gasteiger partial charge is 0.196 e. The van der Waals surface area contributed by atoms with Crippen LogP contribution in [0.25, 0.3) is 0 Å². The molecule has 0 aromatic heterocycles. The van der Waals surface area contributed by atoms with Gasteiger partial charge in [-0.2, -0.15) is 0 Å². The highest BCUT2D eigenvalue weighted by Gasteiger charge is 2.33. The van der Waals surface area contributed by atoms with Crippen molar-refractivity contribution >= 4 is 22.9 Å². The number of terminal acetylenes is 2. The number of carbonyl (C=O) groups excluding carboxylic acids is 2. The Balaban J connectivity index is 1.87. The minimum atomic E-state index is -0.340. The van der Waals surface area contributed by atoms with Crippen molar-refractivity contribution in [3.05, 3.63) is 58.7 Å². The molecule has 0 aliphatic heterocycles. The maximum Gasteiger partial charge on any atom is 0.196 e. The number of hydrogen-bond acceptors (Lipinski definition) is 4. The summed E-state index contributed by atoms with van der Waals surface area (Å²) < 4.78 is 0. The first kappa shape index (κ1) is 28.7. The van der Waals surface area contributed by atoms with Crippen molar-refractivity contribution in [3.8, 4) is 143 Å². The Labute approximate surface area is 244 Å². The van der Waals surface area contributed by atoms with Gasteiger partial charge >= 0.3 is 0 Å². The second-order valence-electron chi connectivity index (χ2n) is 7.15. The monoisotopic (exact) mass is 526 g/mol. The predicted octanol–water partition coefficient (Wildman–Crippen LogP) is 2.50. The number of anilines is 2. The molecule has 184 valence electrons. The van der Waals surface area contributed by atoms with Gasteiger partial charge in [-0.05, 0) is 71.3 Å². The Kier molecular flexibility index (Phi) is 11.0. The van der Waals surface area contributed by atoms with Crippen LogP contribution >= 0.6 is 0 Å². The van der Waals surface area contributed by atoms with Gasteiger partial charge in [0.2, 0.25) is 0 Å². The Morgan fingerprint density at radius 1 is 0.429 bits per heavy atom. The number of benzene rings is 2. The zero-order chi connectivity index (χ0) is 29.8. The summed E-state index contributed by atoms with van der Waals surface area (Å²) in [7, 11) is 0. The Morgan fingerprint density at radius 2 is 0.738 bits per heavy atom. The fourth-order valence-electron chi connectivity index (χ4n) is 3.20. The first-order chi connectivity index (χ1) is 20.7. The van der Waals surface area contributed by atoms with Crippen LogP contribution in [-0.2, 0) is 0 Å². The van der Waals surface area contributed by atoms with Crippen molar-refractivity contribution in [1.82, 2.24) is 0 Å². The van der Waals surface area contributed by atoms with Crippen molar-refractivity contribution < 1.29 is 9.59 Å². The van der Waals surface area contributed by atoms with E-state index < -0.39 is 0 Å². The summed E-state index contributed by atoms with van der Waals surface area (Å²) in [4.78, 5) is 26.9. The number of fused-ring (bicyclic) bond motifs is 2. The van der Waals surface area contributed by atoms with E-state index in [1.54, 1.807) is 36.4 Å². The molecule has 2 N–H and O–H groups in total. The highest BCUT2D eigenvalue weighted by atomic mass is 16.1. The van der Waals surface area contributed by atoms with Crippen LogP contribution in [0.15, 0.2) is 36.4 Å². The average molecular weight is 527 g/mol. The highest BCUT2D eigenvalue weighted by Crippen LogP contribution is 2.36. The Hall–Kier alpha value is -7.90. The van der Waals surface area contributed by atoms with Gasteiger partial charge < -0.3 is 10.6 Å². The van der Waals surface area contributed by atoms with Crippen LogP contribution in [0.5, 0.6) is 0 Å². The first-order valence-electron chi connectivity index (χ1n) is 11.5. The topological polar surface area (TPSA) is 58.2 Å². The normalized spacial score (nSPS) is 8.05. The lowest BCUT2D eigenvalue weighted by Gasteiger charge is -2.22. The van der Waals surface area contributed by atoms with Crippen LogP contribution in [0.4, 0.5) is 11.4 Å². The molecule has 0 fully saturated rings. The number of hydrogen-bond donors (Lipinski definition) is 2. The highest BCUT2D eigenvalue weighted by molar-refractivity contribution is 6.32. The number of nitrogens with one attached hydrogen (secondary N) is 2. The Bertz CT molecular complexity index is 2090. The molecule has 0 spiro atoms. The molecule has 0 heterocycles. The number of rotatable bonds is 2. The summed E-state index contributed by atoms with van der Waals surface area (Å²) in [6.45, 7) is 0. The molecule has 0 radical (unpaired) electrons. The molecule has 4 nitrogen and oxygen atoms in total. The molecule has 3 rings (SSSR count).